The number of ether oxygens (including phenoxy) is 4. The minimum atomic E-state index is -0.708. The Kier molecular flexibility index (Phi) is 8.34. The van der Waals surface area contributed by atoms with Crippen LogP contribution in [0.25, 0.3) is 10.8 Å². The number of rotatable bonds is 6. The maximum Gasteiger partial charge on any atom is 0.508 e. The molecule has 0 aliphatic carbocycles. The minimum Gasteiger partial charge on any atom is -0.444 e. The number of methoxy groups -OCH3 is 1. The van der Waals surface area contributed by atoms with Gasteiger partial charge < -0.3 is 23.8 Å². The number of benzene rings is 3. The van der Waals surface area contributed by atoms with Crippen LogP contribution in [0, 0.1) is 0 Å². The number of nitrogens with zero attached hydrogens (tertiary/aromatic N) is 1. The molecule has 1 amide bonds. The average molecular weight is 506 g/mol. The quantitative estimate of drug-likeness (QED) is 0.359. The van der Waals surface area contributed by atoms with Gasteiger partial charge in [0.25, 0.3) is 0 Å². The van der Waals surface area contributed by atoms with E-state index in [0.717, 1.165) is 23.1 Å². The molecule has 1 heterocycles. The lowest BCUT2D eigenvalue weighted by Crippen LogP contribution is -2.48. The van der Waals surface area contributed by atoms with Crippen molar-refractivity contribution in [3.8, 4) is 0 Å². The zero-order chi connectivity index (χ0) is 26.4. The maximum absolute atomic E-state index is 12.8. The van der Waals surface area contributed by atoms with Crippen LogP contribution in [0.1, 0.15) is 49.8 Å². The Morgan fingerprint density at radius 1 is 0.919 bits per heavy atom. The van der Waals surface area contributed by atoms with E-state index < -0.39 is 11.8 Å². The second-order valence-electron chi connectivity index (χ2n) is 10.3. The van der Waals surface area contributed by atoms with Crippen molar-refractivity contribution in [2.45, 2.75) is 58.0 Å². The third-order valence-corrected chi connectivity index (χ3v) is 6.42. The Balaban J connectivity index is 1.49. The highest BCUT2D eigenvalue weighted by Gasteiger charge is 2.35. The van der Waals surface area contributed by atoms with E-state index >= 15 is 0 Å². The fourth-order valence-corrected chi connectivity index (χ4v) is 4.55. The normalized spacial score (nSPS) is 17.9. The Hall–Kier alpha value is -3.58. The molecule has 3 aromatic rings. The molecule has 0 N–H and O–H groups in total. The van der Waals surface area contributed by atoms with Gasteiger partial charge in [-0.3, -0.25) is 0 Å². The SMILES string of the molecule is COC(=O)OCc1ccc(C2CCN(C(=O)OC(C)(C)C)CC2OCc2ccc3ccccc3c2)cc1. The first-order chi connectivity index (χ1) is 17.7. The molecule has 1 fully saturated rings. The molecule has 1 saturated heterocycles. The first-order valence-corrected chi connectivity index (χ1v) is 12.6. The number of fused-ring (bicyclic) bond motifs is 1. The van der Waals surface area contributed by atoms with Crippen molar-refractivity contribution in [2.24, 2.45) is 0 Å². The van der Waals surface area contributed by atoms with Gasteiger partial charge in [-0.1, -0.05) is 60.7 Å². The van der Waals surface area contributed by atoms with E-state index in [0.29, 0.717) is 19.7 Å². The zero-order valence-corrected chi connectivity index (χ0v) is 21.9. The predicted molar refractivity (Wildman–Crippen MR) is 141 cm³/mol. The van der Waals surface area contributed by atoms with Gasteiger partial charge in [0.15, 0.2) is 0 Å². The van der Waals surface area contributed by atoms with Gasteiger partial charge in [-0.15, -0.1) is 0 Å². The molecule has 1 aliphatic heterocycles. The van der Waals surface area contributed by atoms with Crippen LogP contribution in [0.5, 0.6) is 0 Å². The molecular formula is C30H35NO6. The van der Waals surface area contributed by atoms with Crippen molar-refractivity contribution in [1.82, 2.24) is 4.90 Å². The van der Waals surface area contributed by atoms with Crippen molar-refractivity contribution in [3.05, 3.63) is 83.4 Å². The molecule has 2 unspecified atom stereocenters. The van der Waals surface area contributed by atoms with Gasteiger partial charge in [-0.05, 0) is 60.7 Å². The number of piperidine rings is 1. The van der Waals surface area contributed by atoms with Gasteiger partial charge in [0, 0.05) is 12.5 Å². The predicted octanol–water partition coefficient (Wildman–Crippen LogP) is 6.43. The van der Waals surface area contributed by atoms with Gasteiger partial charge in [0.1, 0.15) is 12.2 Å². The van der Waals surface area contributed by atoms with Crippen LogP contribution in [0.4, 0.5) is 9.59 Å². The fraction of sp³-hybridized carbons (Fsp3) is 0.400. The lowest BCUT2D eigenvalue weighted by atomic mass is 9.86. The third kappa shape index (κ3) is 7.23. The Labute approximate surface area is 218 Å². The second kappa shape index (κ2) is 11.6. The third-order valence-electron chi connectivity index (χ3n) is 6.42. The van der Waals surface area contributed by atoms with Crippen LogP contribution in [-0.2, 0) is 32.2 Å². The van der Waals surface area contributed by atoms with Crippen molar-refractivity contribution in [3.63, 3.8) is 0 Å². The number of hydrogen-bond acceptors (Lipinski definition) is 6. The van der Waals surface area contributed by atoms with Crippen molar-refractivity contribution >= 4 is 23.0 Å². The number of carbonyl (C=O) groups excluding carboxylic acids is 2. The second-order valence-corrected chi connectivity index (χ2v) is 10.3. The first-order valence-electron chi connectivity index (χ1n) is 12.6. The summed E-state index contributed by atoms with van der Waals surface area (Å²) >= 11 is 0. The number of amides is 1. The first kappa shape index (κ1) is 26.5. The summed E-state index contributed by atoms with van der Waals surface area (Å²) in [5, 5.41) is 2.36. The zero-order valence-electron chi connectivity index (χ0n) is 21.9. The lowest BCUT2D eigenvalue weighted by molar-refractivity contribution is -0.0359. The highest BCUT2D eigenvalue weighted by Crippen LogP contribution is 2.32. The van der Waals surface area contributed by atoms with Crippen LogP contribution >= 0.6 is 0 Å². The van der Waals surface area contributed by atoms with Crippen LogP contribution in [0.15, 0.2) is 66.7 Å². The highest BCUT2D eigenvalue weighted by atomic mass is 16.7. The summed E-state index contributed by atoms with van der Waals surface area (Å²) in [6.07, 6.45) is -0.481. The summed E-state index contributed by atoms with van der Waals surface area (Å²) in [4.78, 5) is 25.8. The van der Waals surface area contributed by atoms with Crippen LogP contribution in [0.3, 0.4) is 0 Å². The van der Waals surface area contributed by atoms with E-state index in [9.17, 15) is 9.59 Å². The Bertz CT molecular complexity index is 1220. The number of likely N-dealkylation sites (tertiary alicyclic amines) is 1. The molecule has 0 saturated carbocycles. The van der Waals surface area contributed by atoms with E-state index in [2.05, 4.69) is 35.1 Å². The molecule has 0 aromatic heterocycles. The Morgan fingerprint density at radius 3 is 2.32 bits per heavy atom. The molecule has 4 rings (SSSR count). The molecule has 0 spiro atoms. The van der Waals surface area contributed by atoms with Gasteiger partial charge in [0.05, 0.1) is 26.4 Å². The molecule has 3 aromatic carbocycles. The van der Waals surface area contributed by atoms with E-state index in [1.54, 1.807) is 4.90 Å². The molecule has 0 bridgehead atoms. The van der Waals surface area contributed by atoms with Gasteiger partial charge in [0.2, 0.25) is 0 Å². The van der Waals surface area contributed by atoms with Gasteiger partial charge in [-0.2, -0.15) is 0 Å². The van der Waals surface area contributed by atoms with Crippen LogP contribution in [-0.4, -0.2) is 49.1 Å². The lowest BCUT2D eigenvalue weighted by Gasteiger charge is -2.39. The van der Waals surface area contributed by atoms with Crippen molar-refractivity contribution < 1.29 is 28.5 Å². The monoisotopic (exact) mass is 505 g/mol. The highest BCUT2D eigenvalue weighted by molar-refractivity contribution is 5.82. The smallest absolute Gasteiger partial charge is 0.444 e. The summed E-state index contributed by atoms with van der Waals surface area (Å²) in [6.45, 7) is 7.23. The number of carbonyl (C=O) groups is 2. The van der Waals surface area contributed by atoms with E-state index in [-0.39, 0.29) is 24.7 Å². The summed E-state index contributed by atoms with van der Waals surface area (Å²) in [7, 11) is 1.28. The summed E-state index contributed by atoms with van der Waals surface area (Å²) in [6, 6.07) is 22.6. The molecule has 7 nitrogen and oxygen atoms in total. The molecule has 2 atom stereocenters. The fourth-order valence-electron chi connectivity index (χ4n) is 4.55. The molecule has 37 heavy (non-hydrogen) atoms. The average Bonchev–Trinajstić information content (AvgIpc) is 2.89. The molecular weight excluding hydrogens is 470 g/mol. The van der Waals surface area contributed by atoms with Crippen LogP contribution in [0.2, 0.25) is 0 Å². The molecule has 7 heteroatoms. The molecule has 1 aliphatic rings. The topological polar surface area (TPSA) is 74.3 Å². The summed E-state index contributed by atoms with van der Waals surface area (Å²) < 4.78 is 21.7. The maximum atomic E-state index is 12.8. The van der Waals surface area contributed by atoms with Crippen LogP contribution < -0.4 is 0 Å². The summed E-state index contributed by atoms with van der Waals surface area (Å²) in [5.74, 6) is 0.106. The van der Waals surface area contributed by atoms with Gasteiger partial charge in [-0.25, -0.2) is 9.59 Å². The van der Waals surface area contributed by atoms with E-state index in [4.69, 9.17) is 14.2 Å². The summed E-state index contributed by atoms with van der Waals surface area (Å²) in [5.41, 5.74) is 2.52. The molecule has 196 valence electrons. The van der Waals surface area contributed by atoms with E-state index in [1.807, 2.05) is 57.2 Å². The standard InChI is InChI=1S/C30H35NO6/c1-30(2,3)37-28(32)31-16-15-26(24-13-9-21(10-14-24)19-36-29(33)34-4)27(18-31)35-20-22-11-12-23-7-5-6-8-25(23)17-22/h5-14,17,26-27H,15-16,18-20H2,1-4H3. The number of hydrogen-bond donors (Lipinski definition) is 0. The molecule has 0 radical (unpaired) electrons. The Morgan fingerprint density at radius 2 is 1.62 bits per heavy atom. The largest absolute Gasteiger partial charge is 0.508 e. The van der Waals surface area contributed by atoms with Crippen molar-refractivity contribution in [2.75, 3.05) is 20.2 Å². The van der Waals surface area contributed by atoms with Gasteiger partial charge >= 0.3 is 12.2 Å². The minimum absolute atomic E-state index is 0.106. The van der Waals surface area contributed by atoms with E-state index in [1.165, 1.54) is 17.9 Å². The van der Waals surface area contributed by atoms with Crippen molar-refractivity contribution in [1.29, 1.82) is 0 Å².